The Hall–Kier alpha value is -0.470. The number of benzene rings is 1. The molecule has 16 heavy (non-hydrogen) atoms. The van der Waals surface area contributed by atoms with E-state index in [9.17, 15) is 0 Å². The Kier molecular flexibility index (Phi) is 3.20. The summed E-state index contributed by atoms with van der Waals surface area (Å²) >= 11 is 1.98. The molecule has 1 aromatic carbocycles. The van der Waals surface area contributed by atoms with Gasteiger partial charge in [0.25, 0.3) is 0 Å². The second kappa shape index (κ2) is 4.80. The van der Waals surface area contributed by atoms with Crippen molar-refractivity contribution >= 4 is 11.8 Å². The van der Waals surface area contributed by atoms with Crippen LogP contribution in [0.25, 0.3) is 0 Å². The highest BCUT2D eigenvalue weighted by Gasteiger charge is 2.24. The molecule has 0 N–H and O–H groups in total. The van der Waals surface area contributed by atoms with Crippen LogP contribution >= 0.6 is 11.8 Å². The first-order valence-electron chi connectivity index (χ1n) is 6.27. The van der Waals surface area contributed by atoms with Gasteiger partial charge in [-0.1, -0.05) is 31.0 Å². The maximum absolute atomic E-state index is 6.03. The molecule has 0 bridgehead atoms. The topological polar surface area (TPSA) is 9.23 Å². The van der Waals surface area contributed by atoms with E-state index in [-0.39, 0.29) is 0 Å². The lowest BCUT2D eigenvalue weighted by atomic mass is 10.0. The van der Waals surface area contributed by atoms with E-state index in [0.717, 1.165) is 6.61 Å². The number of hydrogen-bond donors (Lipinski definition) is 0. The third-order valence-corrected chi connectivity index (χ3v) is 4.89. The monoisotopic (exact) mass is 234 g/mol. The highest BCUT2D eigenvalue weighted by Crippen LogP contribution is 2.39. The first-order chi connectivity index (χ1) is 7.93. The summed E-state index contributed by atoms with van der Waals surface area (Å²) in [6, 6.07) is 8.77. The van der Waals surface area contributed by atoms with E-state index in [0.29, 0.717) is 12.0 Å². The summed E-state index contributed by atoms with van der Waals surface area (Å²) in [4.78, 5) is 1.46. The molecule has 86 valence electrons. The predicted molar refractivity (Wildman–Crippen MR) is 68.1 cm³/mol. The van der Waals surface area contributed by atoms with Crippen LogP contribution in [0.1, 0.15) is 37.2 Å². The second-order valence-corrected chi connectivity index (χ2v) is 5.85. The van der Waals surface area contributed by atoms with Crippen molar-refractivity contribution in [2.45, 2.75) is 42.6 Å². The number of rotatable bonds is 3. The van der Waals surface area contributed by atoms with Crippen LogP contribution in [0.5, 0.6) is 0 Å². The van der Waals surface area contributed by atoms with E-state index in [1.165, 1.54) is 41.9 Å². The lowest BCUT2D eigenvalue weighted by Crippen LogP contribution is -2.14. The van der Waals surface area contributed by atoms with Gasteiger partial charge < -0.3 is 4.74 Å². The molecule has 1 aliphatic carbocycles. The Labute approximate surface area is 102 Å². The number of ether oxygens (including phenoxy) is 1. The SMILES string of the molecule is c1ccc2c(c1)SCC2COC1CCCC1. The average Bonchev–Trinajstić information content (AvgIpc) is 2.96. The number of thioether (sulfide) groups is 1. The molecule has 0 spiro atoms. The van der Waals surface area contributed by atoms with Gasteiger partial charge in [-0.25, -0.2) is 0 Å². The van der Waals surface area contributed by atoms with Crippen molar-refractivity contribution in [2.24, 2.45) is 0 Å². The minimum atomic E-state index is 0.553. The smallest absolute Gasteiger partial charge is 0.0575 e. The molecule has 1 aromatic rings. The molecule has 0 radical (unpaired) electrons. The molecule has 0 saturated heterocycles. The number of fused-ring (bicyclic) bond motifs is 1. The van der Waals surface area contributed by atoms with Gasteiger partial charge in [0.2, 0.25) is 0 Å². The van der Waals surface area contributed by atoms with Gasteiger partial charge in [0.1, 0.15) is 0 Å². The summed E-state index contributed by atoms with van der Waals surface area (Å²) in [5, 5.41) is 0. The summed E-state index contributed by atoms with van der Waals surface area (Å²) < 4.78 is 6.03. The van der Waals surface area contributed by atoms with Crippen LogP contribution < -0.4 is 0 Å². The average molecular weight is 234 g/mol. The van der Waals surface area contributed by atoms with Gasteiger partial charge in [-0.15, -0.1) is 11.8 Å². The van der Waals surface area contributed by atoms with Crippen LogP contribution in [0.15, 0.2) is 29.2 Å². The summed E-state index contributed by atoms with van der Waals surface area (Å²) in [7, 11) is 0. The van der Waals surface area contributed by atoms with Gasteiger partial charge in [0.05, 0.1) is 12.7 Å². The summed E-state index contributed by atoms with van der Waals surface area (Å²) in [6.45, 7) is 0.925. The van der Waals surface area contributed by atoms with E-state index in [2.05, 4.69) is 24.3 Å². The summed E-state index contributed by atoms with van der Waals surface area (Å²) in [5.74, 6) is 1.83. The Morgan fingerprint density at radius 2 is 2.00 bits per heavy atom. The molecule has 1 heterocycles. The Balaban J connectivity index is 1.60. The van der Waals surface area contributed by atoms with Crippen LogP contribution in [-0.2, 0) is 4.74 Å². The van der Waals surface area contributed by atoms with Crippen molar-refractivity contribution in [3.05, 3.63) is 29.8 Å². The molecule has 0 amide bonds. The van der Waals surface area contributed by atoms with E-state index < -0.39 is 0 Å². The van der Waals surface area contributed by atoms with Gasteiger partial charge >= 0.3 is 0 Å². The van der Waals surface area contributed by atoms with Gasteiger partial charge in [-0.3, -0.25) is 0 Å². The van der Waals surface area contributed by atoms with Crippen molar-refractivity contribution in [1.29, 1.82) is 0 Å². The molecule has 1 fully saturated rings. The fraction of sp³-hybridized carbons (Fsp3) is 0.571. The predicted octanol–water partition coefficient (Wildman–Crippen LogP) is 3.84. The lowest BCUT2D eigenvalue weighted by molar-refractivity contribution is 0.0514. The fourth-order valence-corrected chi connectivity index (χ4v) is 3.91. The zero-order chi connectivity index (χ0) is 10.8. The third kappa shape index (κ3) is 2.14. The van der Waals surface area contributed by atoms with Gasteiger partial charge in [-0.2, -0.15) is 0 Å². The molecule has 1 atom stereocenters. The standard InChI is InChI=1S/C14H18OS/c1-2-6-12(5-1)15-9-11-10-16-14-8-4-3-7-13(11)14/h3-4,7-8,11-12H,1-2,5-6,9-10H2. The molecule has 1 nitrogen and oxygen atoms in total. The molecular formula is C14H18OS. The molecule has 0 aromatic heterocycles. The Morgan fingerprint density at radius 1 is 1.19 bits per heavy atom. The highest BCUT2D eigenvalue weighted by molar-refractivity contribution is 7.99. The molecule has 1 aliphatic heterocycles. The second-order valence-electron chi connectivity index (χ2n) is 4.79. The van der Waals surface area contributed by atoms with E-state index >= 15 is 0 Å². The van der Waals surface area contributed by atoms with Crippen molar-refractivity contribution < 1.29 is 4.74 Å². The molecule has 2 aliphatic rings. The summed E-state index contributed by atoms with van der Waals surface area (Å²) in [5.41, 5.74) is 1.51. The molecular weight excluding hydrogens is 216 g/mol. The minimum absolute atomic E-state index is 0.553. The van der Waals surface area contributed by atoms with Crippen LogP contribution in [0.4, 0.5) is 0 Å². The van der Waals surface area contributed by atoms with Gasteiger partial charge in [0, 0.05) is 16.6 Å². The van der Waals surface area contributed by atoms with Crippen molar-refractivity contribution in [1.82, 2.24) is 0 Å². The van der Waals surface area contributed by atoms with E-state index in [1.54, 1.807) is 0 Å². The lowest BCUT2D eigenvalue weighted by Gasteiger charge is -2.15. The molecule has 1 saturated carbocycles. The maximum atomic E-state index is 6.03. The third-order valence-electron chi connectivity index (χ3n) is 3.63. The highest BCUT2D eigenvalue weighted by atomic mass is 32.2. The first-order valence-corrected chi connectivity index (χ1v) is 7.25. The number of hydrogen-bond acceptors (Lipinski definition) is 2. The Morgan fingerprint density at radius 3 is 2.88 bits per heavy atom. The Bertz CT molecular complexity index is 358. The quantitative estimate of drug-likeness (QED) is 0.786. The summed E-state index contributed by atoms with van der Waals surface area (Å²) in [6.07, 6.45) is 5.84. The maximum Gasteiger partial charge on any atom is 0.0575 e. The van der Waals surface area contributed by atoms with Crippen molar-refractivity contribution in [3.63, 3.8) is 0 Å². The van der Waals surface area contributed by atoms with E-state index in [4.69, 9.17) is 4.74 Å². The zero-order valence-electron chi connectivity index (χ0n) is 9.52. The first kappa shape index (κ1) is 10.7. The van der Waals surface area contributed by atoms with Crippen molar-refractivity contribution in [3.8, 4) is 0 Å². The molecule has 3 rings (SSSR count). The fourth-order valence-electron chi connectivity index (χ4n) is 2.67. The zero-order valence-corrected chi connectivity index (χ0v) is 10.3. The van der Waals surface area contributed by atoms with Crippen LogP contribution in [0, 0.1) is 0 Å². The van der Waals surface area contributed by atoms with Crippen LogP contribution in [-0.4, -0.2) is 18.5 Å². The normalized spacial score (nSPS) is 24.9. The molecule has 1 unspecified atom stereocenters. The van der Waals surface area contributed by atoms with Crippen LogP contribution in [0.2, 0.25) is 0 Å². The van der Waals surface area contributed by atoms with Gasteiger partial charge in [0.15, 0.2) is 0 Å². The van der Waals surface area contributed by atoms with Gasteiger partial charge in [-0.05, 0) is 24.5 Å². The molecule has 2 heteroatoms. The minimum Gasteiger partial charge on any atom is -0.378 e. The van der Waals surface area contributed by atoms with Crippen molar-refractivity contribution in [2.75, 3.05) is 12.4 Å². The van der Waals surface area contributed by atoms with Crippen LogP contribution in [0.3, 0.4) is 0 Å². The van der Waals surface area contributed by atoms with E-state index in [1.807, 2.05) is 11.8 Å². The largest absolute Gasteiger partial charge is 0.378 e.